The largest absolute Gasteiger partial charge is 0.490 e. The zero-order valence-corrected chi connectivity index (χ0v) is 13.3. The topological polar surface area (TPSA) is 127 Å². The Bertz CT molecular complexity index is 747. The van der Waals surface area contributed by atoms with Crippen LogP contribution in [0.4, 0.5) is 5.69 Å². The first kappa shape index (κ1) is 17.2. The van der Waals surface area contributed by atoms with Crippen LogP contribution in [0.3, 0.4) is 0 Å². The molecule has 1 fully saturated rings. The normalized spacial score (nSPS) is 22.0. The second kappa shape index (κ2) is 6.13. The van der Waals surface area contributed by atoms with E-state index in [9.17, 15) is 23.3 Å². The first-order chi connectivity index (χ1) is 10.7. The van der Waals surface area contributed by atoms with Gasteiger partial charge in [-0.3, -0.25) is 14.9 Å². The number of nitro benzene ring substituents is 1. The lowest BCUT2D eigenvalue weighted by Crippen LogP contribution is -2.30. The van der Waals surface area contributed by atoms with E-state index >= 15 is 0 Å². The third-order valence-electron chi connectivity index (χ3n) is 3.88. The fourth-order valence-corrected chi connectivity index (χ4v) is 4.15. The first-order valence-corrected chi connectivity index (χ1v) is 8.18. The molecule has 0 unspecified atom stereocenters. The van der Waals surface area contributed by atoms with E-state index < -0.39 is 32.5 Å². The van der Waals surface area contributed by atoms with Crippen molar-refractivity contribution in [2.75, 3.05) is 20.2 Å². The maximum Gasteiger partial charge on any atom is 0.312 e. The van der Waals surface area contributed by atoms with E-state index in [-0.39, 0.29) is 29.7 Å². The Balaban J connectivity index is 2.39. The van der Waals surface area contributed by atoms with Crippen molar-refractivity contribution in [2.45, 2.75) is 11.8 Å². The van der Waals surface area contributed by atoms with E-state index in [0.29, 0.717) is 0 Å². The Hall–Kier alpha value is -2.20. The van der Waals surface area contributed by atoms with Gasteiger partial charge in [-0.2, -0.15) is 4.31 Å². The zero-order valence-electron chi connectivity index (χ0n) is 12.5. The van der Waals surface area contributed by atoms with Crippen LogP contribution in [0.25, 0.3) is 0 Å². The molecule has 9 nitrogen and oxygen atoms in total. The number of benzene rings is 1. The Kier molecular flexibility index (Phi) is 4.57. The number of ether oxygens (including phenoxy) is 1. The van der Waals surface area contributed by atoms with E-state index in [1.165, 1.54) is 19.2 Å². The molecule has 0 aliphatic carbocycles. The fourth-order valence-electron chi connectivity index (χ4n) is 2.56. The maximum atomic E-state index is 12.6. The second-order valence-corrected chi connectivity index (χ2v) is 7.27. The average Bonchev–Trinajstić information content (AvgIpc) is 2.89. The molecule has 1 aliphatic rings. The van der Waals surface area contributed by atoms with Crippen LogP contribution in [0.15, 0.2) is 23.1 Å². The Morgan fingerprint density at radius 2 is 2.09 bits per heavy atom. The van der Waals surface area contributed by atoms with Crippen molar-refractivity contribution in [2.24, 2.45) is 11.8 Å². The molecule has 0 radical (unpaired) electrons. The number of nitro groups is 1. The highest BCUT2D eigenvalue weighted by Gasteiger charge is 2.41. The zero-order chi connectivity index (χ0) is 17.4. The Morgan fingerprint density at radius 3 is 2.57 bits per heavy atom. The van der Waals surface area contributed by atoms with Gasteiger partial charge >= 0.3 is 11.7 Å². The van der Waals surface area contributed by atoms with E-state index in [1.807, 2.05) is 0 Å². The quantitative estimate of drug-likeness (QED) is 0.622. The first-order valence-electron chi connectivity index (χ1n) is 6.74. The number of carbonyl (C=O) groups is 1. The molecule has 1 aromatic rings. The summed E-state index contributed by atoms with van der Waals surface area (Å²) < 4.78 is 31.1. The van der Waals surface area contributed by atoms with Crippen LogP contribution in [0, 0.1) is 22.0 Å². The summed E-state index contributed by atoms with van der Waals surface area (Å²) >= 11 is 0. The van der Waals surface area contributed by atoms with Crippen molar-refractivity contribution >= 4 is 21.7 Å². The van der Waals surface area contributed by atoms with Gasteiger partial charge in [0.05, 0.1) is 22.8 Å². The molecule has 0 spiro atoms. The highest BCUT2D eigenvalue weighted by molar-refractivity contribution is 7.89. The number of aliphatic carboxylic acids is 1. The number of sulfonamides is 1. The summed E-state index contributed by atoms with van der Waals surface area (Å²) in [4.78, 5) is 21.1. The van der Waals surface area contributed by atoms with Crippen molar-refractivity contribution in [1.29, 1.82) is 0 Å². The smallest absolute Gasteiger partial charge is 0.312 e. The van der Waals surface area contributed by atoms with Crippen LogP contribution in [-0.2, 0) is 14.8 Å². The Labute approximate surface area is 132 Å². The van der Waals surface area contributed by atoms with Gasteiger partial charge in [0.15, 0.2) is 5.75 Å². The molecule has 0 aromatic heterocycles. The minimum atomic E-state index is -4.01. The van der Waals surface area contributed by atoms with Gasteiger partial charge in [0.1, 0.15) is 0 Å². The van der Waals surface area contributed by atoms with Gasteiger partial charge in [-0.15, -0.1) is 0 Å². The third-order valence-corrected chi connectivity index (χ3v) is 5.71. The summed E-state index contributed by atoms with van der Waals surface area (Å²) in [6.07, 6.45) is 0. The molecule has 1 saturated heterocycles. The number of rotatable bonds is 5. The molecule has 23 heavy (non-hydrogen) atoms. The van der Waals surface area contributed by atoms with Gasteiger partial charge in [-0.1, -0.05) is 6.92 Å². The van der Waals surface area contributed by atoms with Crippen LogP contribution >= 0.6 is 0 Å². The summed E-state index contributed by atoms with van der Waals surface area (Å²) in [6, 6.07) is 3.34. The highest BCUT2D eigenvalue weighted by Crippen LogP contribution is 2.33. The average molecular weight is 344 g/mol. The van der Waals surface area contributed by atoms with Crippen molar-refractivity contribution in [3.63, 3.8) is 0 Å². The molecular weight excluding hydrogens is 328 g/mol. The van der Waals surface area contributed by atoms with E-state index in [0.717, 1.165) is 10.4 Å². The van der Waals surface area contributed by atoms with Crippen molar-refractivity contribution in [3.8, 4) is 5.75 Å². The lowest BCUT2D eigenvalue weighted by Gasteiger charge is -2.16. The van der Waals surface area contributed by atoms with Crippen molar-refractivity contribution < 1.29 is 28.0 Å². The standard InChI is InChI=1S/C13H16N2O7S/c1-8-6-14(7-10(8)13(16)17)23(20,21)9-3-4-12(22-2)11(5-9)15(18)19/h3-5,8,10H,6-7H2,1-2H3,(H,16,17)/t8-,10-/m1/s1. The lowest BCUT2D eigenvalue weighted by atomic mass is 9.99. The molecule has 2 atom stereocenters. The van der Waals surface area contributed by atoms with Gasteiger partial charge < -0.3 is 9.84 Å². The molecule has 0 saturated carbocycles. The number of hydrogen-bond acceptors (Lipinski definition) is 6. The number of hydrogen-bond donors (Lipinski definition) is 1. The van der Waals surface area contributed by atoms with Crippen LogP contribution in [-0.4, -0.2) is 48.9 Å². The molecule has 2 rings (SSSR count). The van der Waals surface area contributed by atoms with Gasteiger partial charge in [0, 0.05) is 19.2 Å². The van der Waals surface area contributed by atoms with Crippen LogP contribution in [0.1, 0.15) is 6.92 Å². The molecule has 0 bridgehead atoms. The minimum absolute atomic E-state index is 0.0489. The molecule has 0 amide bonds. The van der Waals surface area contributed by atoms with Crippen LogP contribution in [0.5, 0.6) is 5.75 Å². The second-order valence-electron chi connectivity index (χ2n) is 5.33. The van der Waals surface area contributed by atoms with E-state index in [1.54, 1.807) is 6.92 Å². The third kappa shape index (κ3) is 3.13. The predicted molar refractivity (Wildman–Crippen MR) is 78.7 cm³/mol. The van der Waals surface area contributed by atoms with E-state index in [4.69, 9.17) is 9.84 Å². The summed E-state index contributed by atoms with van der Waals surface area (Å²) in [6.45, 7) is 1.56. The van der Waals surface area contributed by atoms with Gasteiger partial charge in [-0.25, -0.2) is 8.42 Å². The molecule has 1 aliphatic heterocycles. The van der Waals surface area contributed by atoms with E-state index in [2.05, 4.69) is 0 Å². The predicted octanol–water partition coefficient (Wildman–Crippen LogP) is 0.945. The summed E-state index contributed by atoms with van der Waals surface area (Å²) in [5, 5.41) is 20.1. The van der Waals surface area contributed by atoms with Crippen molar-refractivity contribution in [1.82, 2.24) is 4.31 Å². The number of carboxylic acid groups (broad SMARTS) is 1. The number of nitrogens with zero attached hydrogens (tertiary/aromatic N) is 2. The fraction of sp³-hybridized carbons (Fsp3) is 0.462. The monoisotopic (exact) mass is 344 g/mol. The number of carboxylic acids is 1. The molecule has 1 N–H and O–H groups in total. The molecule has 126 valence electrons. The number of methoxy groups -OCH3 is 1. The highest BCUT2D eigenvalue weighted by atomic mass is 32.2. The van der Waals surface area contributed by atoms with Crippen molar-refractivity contribution in [3.05, 3.63) is 28.3 Å². The minimum Gasteiger partial charge on any atom is -0.490 e. The SMILES string of the molecule is COc1ccc(S(=O)(=O)N2C[C@@H](C)[C@H](C(=O)O)C2)cc1[N+](=O)[O-]. The lowest BCUT2D eigenvalue weighted by molar-refractivity contribution is -0.386. The molecule has 1 aromatic carbocycles. The van der Waals surface area contributed by atoms with Gasteiger partial charge in [0.25, 0.3) is 0 Å². The molecule has 1 heterocycles. The molecular formula is C13H16N2O7S. The van der Waals surface area contributed by atoms with Crippen LogP contribution < -0.4 is 4.74 Å². The summed E-state index contributed by atoms with van der Waals surface area (Å²) in [5.41, 5.74) is -0.462. The summed E-state index contributed by atoms with van der Waals surface area (Å²) in [7, 11) is -2.76. The maximum absolute atomic E-state index is 12.6. The van der Waals surface area contributed by atoms with Gasteiger partial charge in [0.2, 0.25) is 10.0 Å². The van der Waals surface area contributed by atoms with Gasteiger partial charge in [-0.05, 0) is 18.1 Å². The van der Waals surface area contributed by atoms with Crippen LogP contribution in [0.2, 0.25) is 0 Å². The molecule has 10 heteroatoms. The summed E-state index contributed by atoms with van der Waals surface area (Å²) in [5.74, 6) is -2.24. The Morgan fingerprint density at radius 1 is 1.43 bits per heavy atom.